The van der Waals surface area contributed by atoms with Crippen LogP contribution < -0.4 is 10.5 Å². The van der Waals surface area contributed by atoms with E-state index in [2.05, 4.69) is 6.92 Å². The van der Waals surface area contributed by atoms with Crippen LogP contribution in [0.15, 0.2) is 12.1 Å². The zero-order chi connectivity index (χ0) is 15.1. The highest BCUT2D eigenvalue weighted by Crippen LogP contribution is 2.25. The normalized spacial score (nSPS) is 12.2. The summed E-state index contributed by atoms with van der Waals surface area (Å²) in [5, 5.41) is 7.17. The maximum absolute atomic E-state index is 13.8. The fourth-order valence-electron chi connectivity index (χ4n) is 1.95. The molecule has 0 heterocycles. The summed E-state index contributed by atoms with van der Waals surface area (Å²) >= 11 is 0. The number of amidine groups is 1. The van der Waals surface area contributed by atoms with Gasteiger partial charge in [0, 0.05) is 5.56 Å². The molecule has 20 heavy (non-hydrogen) atoms. The molecule has 3 N–H and O–H groups in total. The van der Waals surface area contributed by atoms with Crippen LogP contribution in [-0.2, 0) is 0 Å². The Bertz CT molecular complexity index is 440. The smallest absolute Gasteiger partial charge is 0.191 e. The van der Waals surface area contributed by atoms with E-state index in [1.54, 1.807) is 6.92 Å². The van der Waals surface area contributed by atoms with Crippen LogP contribution in [0.1, 0.15) is 51.5 Å². The molecular formula is C15H22F2N2O. The van der Waals surface area contributed by atoms with Gasteiger partial charge in [0.05, 0.1) is 6.10 Å². The van der Waals surface area contributed by atoms with Crippen molar-refractivity contribution in [2.24, 2.45) is 5.73 Å². The second-order valence-corrected chi connectivity index (χ2v) is 4.96. The number of nitrogens with two attached hydrogens (primary N) is 1. The molecule has 0 aliphatic carbocycles. The van der Waals surface area contributed by atoms with Gasteiger partial charge < -0.3 is 10.5 Å². The van der Waals surface area contributed by atoms with Gasteiger partial charge in [-0.2, -0.15) is 0 Å². The summed E-state index contributed by atoms with van der Waals surface area (Å²) < 4.78 is 32.8. The summed E-state index contributed by atoms with van der Waals surface area (Å²) in [4.78, 5) is 0. The van der Waals surface area contributed by atoms with E-state index in [0.717, 1.165) is 44.2 Å². The SMILES string of the molecule is CCCCCCC(C)Oc1c(F)cc(C(=N)N)cc1F. The number of nitrogens with one attached hydrogen (secondary N) is 1. The molecule has 0 aromatic heterocycles. The number of rotatable bonds is 8. The Morgan fingerprint density at radius 1 is 1.25 bits per heavy atom. The van der Waals surface area contributed by atoms with Crippen molar-refractivity contribution in [3.8, 4) is 5.75 Å². The number of unbranched alkanes of at least 4 members (excludes halogenated alkanes) is 3. The third-order valence-electron chi connectivity index (χ3n) is 3.09. The Morgan fingerprint density at radius 3 is 2.35 bits per heavy atom. The van der Waals surface area contributed by atoms with Crippen LogP contribution in [0.25, 0.3) is 0 Å². The minimum atomic E-state index is -0.824. The molecule has 0 saturated heterocycles. The van der Waals surface area contributed by atoms with Crippen molar-refractivity contribution in [1.29, 1.82) is 5.41 Å². The molecule has 0 spiro atoms. The van der Waals surface area contributed by atoms with Gasteiger partial charge in [-0.15, -0.1) is 0 Å². The van der Waals surface area contributed by atoms with Gasteiger partial charge in [0.15, 0.2) is 17.4 Å². The average molecular weight is 284 g/mol. The first kappa shape index (κ1) is 16.4. The Balaban J connectivity index is 2.65. The van der Waals surface area contributed by atoms with E-state index in [-0.39, 0.29) is 17.5 Å². The van der Waals surface area contributed by atoms with Crippen molar-refractivity contribution < 1.29 is 13.5 Å². The van der Waals surface area contributed by atoms with Crippen molar-refractivity contribution in [2.75, 3.05) is 0 Å². The fourth-order valence-corrected chi connectivity index (χ4v) is 1.95. The molecule has 112 valence electrons. The number of hydrogen-bond acceptors (Lipinski definition) is 2. The van der Waals surface area contributed by atoms with Crippen molar-refractivity contribution in [3.05, 3.63) is 29.3 Å². The number of ether oxygens (including phenoxy) is 1. The van der Waals surface area contributed by atoms with E-state index in [4.69, 9.17) is 15.9 Å². The Labute approximate surface area is 118 Å². The lowest BCUT2D eigenvalue weighted by Gasteiger charge is -2.16. The van der Waals surface area contributed by atoms with Crippen LogP contribution >= 0.6 is 0 Å². The van der Waals surface area contributed by atoms with E-state index in [1.165, 1.54) is 0 Å². The zero-order valence-electron chi connectivity index (χ0n) is 12.0. The molecule has 0 fully saturated rings. The highest BCUT2D eigenvalue weighted by atomic mass is 19.1. The molecule has 1 rings (SSSR count). The lowest BCUT2D eigenvalue weighted by atomic mass is 10.1. The van der Waals surface area contributed by atoms with Crippen LogP contribution in [0.5, 0.6) is 5.75 Å². The molecule has 0 radical (unpaired) electrons. The quantitative estimate of drug-likeness (QED) is 0.431. The minimum Gasteiger partial charge on any atom is -0.485 e. The van der Waals surface area contributed by atoms with Crippen LogP contribution in [-0.4, -0.2) is 11.9 Å². The molecule has 0 aliphatic heterocycles. The summed E-state index contributed by atoms with van der Waals surface area (Å²) in [6.07, 6.45) is 4.88. The summed E-state index contributed by atoms with van der Waals surface area (Å²) in [7, 11) is 0. The zero-order valence-corrected chi connectivity index (χ0v) is 12.0. The lowest BCUT2D eigenvalue weighted by Crippen LogP contribution is -2.16. The average Bonchev–Trinajstić information content (AvgIpc) is 2.38. The first-order valence-electron chi connectivity index (χ1n) is 6.95. The Morgan fingerprint density at radius 2 is 1.85 bits per heavy atom. The highest BCUT2D eigenvalue weighted by Gasteiger charge is 2.16. The first-order valence-corrected chi connectivity index (χ1v) is 6.95. The topological polar surface area (TPSA) is 59.1 Å². The van der Waals surface area contributed by atoms with Gasteiger partial charge in [0.1, 0.15) is 5.84 Å². The summed E-state index contributed by atoms with van der Waals surface area (Å²) in [5.41, 5.74) is 5.22. The molecule has 3 nitrogen and oxygen atoms in total. The van der Waals surface area contributed by atoms with Gasteiger partial charge in [-0.25, -0.2) is 8.78 Å². The molecule has 0 aliphatic rings. The lowest BCUT2D eigenvalue weighted by molar-refractivity contribution is 0.188. The van der Waals surface area contributed by atoms with Crippen LogP contribution in [0.4, 0.5) is 8.78 Å². The van der Waals surface area contributed by atoms with E-state index < -0.39 is 17.4 Å². The molecule has 1 unspecified atom stereocenters. The van der Waals surface area contributed by atoms with Gasteiger partial charge in [-0.05, 0) is 31.9 Å². The van der Waals surface area contributed by atoms with Gasteiger partial charge in [-0.1, -0.05) is 26.2 Å². The standard InChI is InChI=1S/C15H22F2N2O/c1-3-4-5-6-7-10(2)20-14-12(16)8-11(15(18)19)9-13(14)17/h8-10H,3-7H2,1-2H3,(H3,18,19). The number of benzene rings is 1. The fraction of sp³-hybridized carbons (Fsp3) is 0.533. The van der Waals surface area contributed by atoms with Crippen molar-refractivity contribution in [1.82, 2.24) is 0 Å². The predicted molar refractivity (Wildman–Crippen MR) is 76.2 cm³/mol. The molecule has 1 atom stereocenters. The number of halogens is 2. The summed E-state index contributed by atoms with van der Waals surface area (Å²) in [5.74, 6) is -2.41. The first-order chi connectivity index (χ1) is 9.45. The number of nitrogen functional groups attached to an aromatic ring is 1. The van der Waals surface area contributed by atoms with Crippen molar-refractivity contribution in [3.63, 3.8) is 0 Å². The summed E-state index contributed by atoms with van der Waals surface area (Å²) in [6.45, 7) is 3.92. The van der Waals surface area contributed by atoms with Gasteiger partial charge in [0.25, 0.3) is 0 Å². The van der Waals surface area contributed by atoms with Crippen LogP contribution in [0.2, 0.25) is 0 Å². The molecule has 0 bridgehead atoms. The van der Waals surface area contributed by atoms with Crippen molar-refractivity contribution in [2.45, 2.75) is 52.1 Å². The Kier molecular flexibility index (Phi) is 6.42. The van der Waals surface area contributed by atoms with Crippen LogP contribution in [0, 0.1) is 17.0 Å². The molecule has 5 heteroatoms. The van der Waals surface area contributed by atoms with E-state index in [9.17, 15) is 8.78 Å². The third kappa shape index (κ3) is 4.79. The van der Waals surface area contributed by atoms with Crippen molar-refractivity contribution >= 4 is 5.84 Å². The predicted octanol–water partition coefficient (Wildman–Crippen LogP) is 3.99. The maximum atomic E-state index is 13.8. The maximum Gasteiger partial charge on any atom is 0.191 e. The van der Waals surface area contributed by atoms with Gasteiger partial charge in [0.2, 0.25) is 0 Å². The minimum absolute atomic E-state index is 0.0166. The van der Waals surface area contributed by atoms with E-state index >= 15 is 0 Å². The van der Waals surface area contributed by atoms with Crippen LogP contribution in [0.3, 0.4) is 0 Å². The summed E-state index contributed by atoms with van der Waals surface area (Å²) in [6, 6.07) is 2.04. The molecule has 0 saturated carbocycles. The highest BCUT2D eigenvalue weighted by molar-refractivity contribution is 5.95. The van der Waals surface area contributed by atoms with E-state index in [0.29, 0.717) is 0 Å². The number of hydrogen-bond donors (Lipinski definition) is 2. The van der Waals surface area contributed by atoms with E-state index in [1.807, 2.05) is 0 Å². The largest absolute Gasteiger partial charge is 0.485 e. The molecule has 1 aromatic rings. The third-order valence-corrected chi connectivity index (χ3v) is 3.09. The molecular weight excluding hydrogens is 262 g/mol. The molecule has 0 amide bonds. The Hall–Kier alpha value is -1.65. The van der Waals surface area contributed by atoms with Gasteiger partial charge >= 0.3 is 0 Å². The second-order valence-electron chi connectivity index (χ2n) is 4.96. The van der Waals surface area contributed by atoms with Gasteiger partial charge in [-0.3, -0.25) is 5.41 Å². The second kappa shape index (κ2) is 7.82. The monoisotopic (exact) mass is 284 g/mol. The molecule has 1 aromatic carbocycles.